The highest BCUT2D eigenvalue weighted by Gasteiger charge is 2.33. The first-order valence-corrected chi connectivity index (χ1v) is 9.85. The summed E-state index contributed by atoms with van der Waals surface area (Å²) >= 11 is 5.93. The third-order valence-electron chi connectivity index (χ3n) is 3.95. The van der Waals surface area contributed by atoms with E-state index in [1.165, 1.54) is 25.3 Å². The van der Waals surface area contributed by atoms with E-state index in [-0.39, 0.29) is 27.5 Å². The molecule has 0 spiro atoms. The van der Waals surface area contributed by atoms with Crippen LogP contribution in [0.5, 0.6) is 5.75 Å². The van der Waals surface area contributed by atoms with Crippen molar-refractivity contribution >= 4 is 27.5 Å². The molecule has 2 rings (SSSR count). The number of ether oxygens (including phenoxy) is 2. The molecule has 1 atom stereocenters. The van der Waals surface area contributed by atoms with Crippen molar-refractivity contribution in [1.29, 1.82) is 0 Å². The molecule has 140 valence electrons. The van der Waals surface area contributed by atoms with Crippen molar-refractivity contribution in [2.45, 2.75) is 24.8 Å². The summed E-state index contributed by atoms with van der Waals surface area (Å²) in [5.74, 6) is -0.323. The van der Waals surface area contributed by atoms with Crippen LogP contribution in [0.25, 0.3) is 0 Å². The Balaban J connectivity index is 2.29. The van der Waals surface area contributed by atoms with Crippen molar-refractivity contribution in [3.05, 3.63) is 23.2 Å². The number of morpholine rings is 1. The lowest BCUT2D eigenvalue weighted by molar-refractivity contribution is -0.138. The topological polar surface area (TPSA) is 84.9 Å². The van der Waals surface area contributed by atoms with Crippen LogP contribution in [0.15, 0.2) is 23.1 Å². The number of nitrogens with zero attached hydrogens (tertiary/aromatic N) is 1. The summed E-state index contributed by atoms with van der Waals surface area (Å²) in [6.45, 7) is 5.38. The number of carbonyl (C=O) groups is 1. The normalized spacial score (nSPS) is 16.8. The lowest BCUT2D eigenvalue weighted by Crippen LogP contribution is -2.53. The van der Waals surface area contributed by atoms with Gasteiger partial charge in [-0.15, -0.1) is 0 Å². The first-order chi connectivity index (χ1) is 11.8. The Kier molecular flexibility index (Phi) is 6.67. The molecule has 1 aromatic rings. The minimum absolute atomic E-state index is 0.0945. The van der Waals surface area contributed by atoms with Crippen LogP contribution in [0.2, 0.25) is 5.02 Å². The zero-order valence-electron chi connectivity index (χ0n) is 14.5. The van der Waals surface area contributed by atoms with Crippen LogP contribution in [-0.2, 0) is 19.6 Å². The fourth-order valence-corrected chi connectivity index (χ4v) is 4.31. The van der Waals surface area contributed by atoms with Crippen molar-refractivity contribution in [3.63, 3.8) is 0 Å². The number of methoxy groups -OCH3 is 1. The number of sulfonamides is 1. The zero-order valence-corrected chi connectivity index (χ0v) is 16.1. The number of nitrogens with one attached hydrogen (secondary N) is 1. The second-order valence-corrected chi connectivity index (χ2v) is 8.19. The first kappa shape index (κ1) is 20.0. The molecule has 0 aliphatic carbocycles. The van der Waals surface area contributed by atoms with Gasteiger partial charge in [-0.25, -0.2) is 8.42 Å². The summed E-state index contributed by atoms with van der Waals surface area (Å²) in [5.41, 5.74) is 0. The van der Waals surface area contributed by atoms with Crippen LogP contribution in [0.1, 0.15) is 13.8 Å². The number of halogens is 1. The van der Waals surface area contributed by atoms with Crippen LogP contribution >= 0.6 is 11.6 Å². The SMILES string of the molecule is COc1ccc(Cl)cc1S(=O)(=O)N[C@H](C(=O)N1CCOCC1)C(C)C. The summed E-state index contributed by atoms with van der Waals surface area (Å²) in [5, 5.41) is 0.266. The highest BCUT2D eigenvalue weighted by atomic mass is 35.5. The Bertz CT molecular complexity index is 717. The van der Waals surface area contributed by atoms with E-state index >= 15 is 0 Å². The molecule has 0 unspecified atom stereocenters. The molecule has 1 amide bonds. The van der Waals surface area contributed by atoms with E-state index in [0.717, 1.165) is 0 Å². The maximum atomic E-state index is 12.8. The monoisotopic (exact) mass is 390 g/mol. The number of hydrogen-bond donors (Lipinski definition) is 1. The molecule has 9 heteroatoms. The summed E-state index contributed by atoms with van der Waals surface area (Å²) in [4.78, 5) is 14.3. The van der Waals surface area contributed by atoms with Gasteiger partial charge in [0.1, 0.15) is 16.7 Å². The fourth-order valence-electron chi connectivity index (χ4n) is 2.54. The molecule has 1 aliphatic rings. The molecule has 1 heterocycles. The Hall–Kier alpha value is -1.35. The molecule has 0 radical (unpaired) electrons. The number of amides is 1. The molecular weight excluding hydrogens is 368 g/mol. The van der Waals surface area contributed by atoms with Gasteiger partial charge in [0.05, 0.1) is 20.3 Å². The zero-order chi connectivity index (χ0) is 18.6. The smallest absolute Gasteiger partial charge is 0.245 e. The number of rotatable bonds is 6. The van der Waals surface area contributed by atoms with E-state index < -0.39 is 16.1 Å². The van der Waals surface area contributed by atoms with Gasteiger partial charge in [0.15, 0.2) is 0 Å². The van der Waals surface area contributed by atoms with Crippen molar-refractivity contribution in [1.82, 2.24) is 9.62 Å². The van der Waals surface area contributed by atoms with Gasteiger partial charge in [0.2, 0.25) is 15.9 Å². The van der Waals surface area contributed by atoms with Crippen molar-refractivity contribution in [3.8, 4) is 5.75 Å². The molecule has 0 saturated carbocycles. The Morgan fingerprint density at radius 2 is 1.96 bits per heavy atom. The summed E-state index contributed by atoms with van der Waals surface area (Å²) in [7, 11) is -2.62. The minimum Gasteiger partial charge on any atom is -0.495 e. The highest BCUT2D eigenvalue weighted by molar-refractivity contribution is 7.89. The van der Waals surface area contributed by atoms with E-state index in [0.29, 0.717) is 26.3 Å². The Morgan fingerprint density at radius 3 is 2.52 bits per heavy atom. The third kappa shape index (κ3) is 4.84. The second-order valence-electron chi connectivity index (χ2n) is 6.08. The van der Waals surface area contributed by atoms with Gasteiger partial charge in [-0.1, -0.05) is 25.4 Å². The Morgan fingerprint density at radius 1 is 1.32 bits per heavy atom. The van der Waals surface area contributed by atoms with Crippen molar-refractivity contribution in [2.75, 3.05) is 33.4 Å². The molecule has 1 N–H and O–H groups in total. The van der Waals surface area contributed by atoms with E-state index in [4.69, 9.17) is 21.1 Å². The van der Waals surface area contributed by atoms with E-state index in [2.05, 4.69) is 4.72 Å². The summed E-state index contributed by atoms with van der Waals surface area (Å²) in [6, 6.07) is 3.44. The lowest BCUT2D eigenvalue weighted by atomic mass is 10.0. The maximum Gasteiger partial charge on any atom is 0.245 e. The molecule has 0 aromatic heterocycles. The third-order valence-corrected chi connectivity index (χ3v) is 5.65. The lowest BCUT2D eigenvalue weighted by Gasteiger charge is -2.32. The first-order valence-electron chi connectivity index (χ1n) is 7.98. The van der Waals surface area contributed by atoms with Crippen LogP contribution in [0, 0.1) is 5.92 Å². The number of hydrogen-bond acceptors (Lipinski definition) is 5. The van der Waals surface area contributed by atoms with Gasteiger partial charge >= 0.3 is 0 Å². The molecule has 1 aromatic carbocycles. The molecule has 7 nitrogen and oxygen atoms in total. The van der Waals surface area contributed by atoms with Gasteiger partial charge < -0.3 is 14.4 Å². The molecule has 25 heavy (non-hydrogen) atoms. The molecule has 0 bridgehead atoms. The van der Waals surface area contributed by atoms with Gasteiger partial charge in [-0.3, -0.25) is 4.79 Å². The van der Waals surface area contributed by atoms with Crippen LogP contribution in [-0.4, -0.2) is 58.7 Å². The summed E-state index contributed by atoms with van der Waals surface area (Å²) in [6.07, 6.45) is 0. The number of carbonyl (C=O) groups excluding carboxylic acids is 1. The number of benzene rings is 1. The highest BCUT2D eigenvalue weighted by Crippen LogP contribution is 2.27. The average Bonchev–Trinajstić information content (AvgIpc) is 2.59. The Labute approximate surface area is 153 Å². The predicted molar refractivity (Wildman–Crippen MR) is 94.4 cm³/mol. The average molecular weight is 391 g/mol. The minimum atomic E-state index is -3.99. The predicted octanol–water partition coefficient (Wildman–Crippen LogP) is 1.51. The standard InChI is InChI=1S/C16H23ClN2O5S/c1-11(2)15(16(20)19-6-8-24-9-7-19)18-25(21,22)14-10-12(17)4-5-13(14)23-3/h4-5,10-11,15,18H,6-9H2,1-3H3/t15-/m0/s1. The van der Waals surface area contributed by atoms with Crippen LogP contribution in [0.4, 0.5) is 0 Å². The van der Waals surface area contributed by atoms with Crippen LogP contribution < -0.4 is 9.46 Å². The van der Waals surface area contributed by atoms with Gasteiger partial charge in [-0.2, -0.15) is 4.72 Å². The van der Waals surface area contributed by atoms with Gasteiger partial charge in [0, 0.05) is 18.1 Å². The van der Waals surface area contributed by atoms with Gasteiger partial charge in [0.25, 0.3) is 0 Å². The molecular formula is C16H23ClN2O5S. The van der Waals surface area contributed by atoms with Crippen molar-refractivity contribution < 1.29 is 22.7 Å². The van der Waals surface area contributed by atoms with E-state index in [1.807, 2.05) is 0 Å². The maximum absolute atomic E-state index is 12.8. The van der Waals surface area contributed by atoms with Crippen molar-refractivity contribution in [2.24, 2.45) is 5.92 Å². The molecule has 1 aliphatic heterocycles. The fraction of sp³-hybridized carbons (Fsp3) is 0.562. The second kappa shape index (κ2) is 8.35. The largest absolute Gasteiger partial charge is 0.495 e. The van der Waals surface area contributed by atoms with E-state index in [9.17, 15) is 13.2 Å². The van der Waals surface area contributed by atoms with Crippen LogP contribution in [0.3, 0.4) is 0 Å². The quantitative estimate of drug-likeness (QED) is 0.795. The van der Waals surface area contributed by atoms with Gasteiger partial charge in [-0.05, 0) is 24.1 Å². The molecule has 1 saturated heterocycles. The van der Waals surface area contributed by atoms with E-state index in [1.54, 1.807) is 18.7 Å². The molecule has 1 fully saturated rings. The summed E-state index contributed by atoms with van der Waals surface area (Å²) < 4.78 is 38.5.